The topological polar surface area (TPSA) is 82.6 Å². The van der Waals surface area contributed by atoms with Gasteiger partial charge in [0.1, 0.15) is 24.5 Å². The molecule has 1 fully saturated rings. The largest absolute Gasteiger partial charge is 0.489 e. The Labute approximate surface area is 223 Å². The van der Waals surface area contributed by atoms with Gasteiger partial charge in [-0.1, -0.05) is 23.7 Å². The Hall–Kier alpha value is -3.01. The van der Waals surface area contributed by atoms with E-state index in [4.69, 9.17) is 16.3 Å². The van der Waals surface area contributed by atoms with Crippen LogP contribution in [0.3, 0.4) is 0 Å². The van der Waals surface area contributed by atoms with Gasteiger partial charge in [-0.3, -0.25) is 4.90 Å². The van der Waals surface area contributed by atoms with E-state index in [1.807, 2.05) is 42.5 Å². The van der Waals surface area contributed by atoms with Crippen LogP contribution in [0.25, 0.3) is 0 Å². The summed E-state index contributed by atoms with van der Waals surface area (Å²) in [4.78, 5) is 12.3. The molecule has 0 radical (unpaired) electrons. The van der Waals surface area contributed by atoms with Crippen LogP contribution < -0.4 is 25.6 Å². The lowest BCUT2D eigenvalue weighted by Crippen LogP contribution is -2.58. The van der Waals surface area contributed by atoms with Crippen LogP contribution in [0, 0.1) is 0 Å². The van der Waals surface area contributed by atoms with Gasteiger partial charge in [0, 0.05) is 36.7 Å². The normalized spacial score (nSPS) is 17.8. The molecule has 2 aromatic carbocycles. The first-order valence-corrected chi connectivity index (χ1v) is 15.0. The average Bonchev–Trinajstić information content (AvgIpc) is 2.84. The molecule has 38 heavy (non-hydrogen) atoms. The second-order valence-corrected chi connectivity index (χ2v) is 13.3. The van der Waals surface area contributed by atoms with Gasteiger partial charge in [-0.25, -0.2) is 4.98 Å². The van der Waals surface area contributed by atoms with Gasteiger partial charge in [0.05, 0.1) is 30.2 Å². The summed E-state index contributed by atoms with van der Waals surface area (Å²) in [7, 11) is -2.54. The zero-order valence-electron chi connectivity index (χ0n) is 20.8. The summed E-state index contributed by atoms with van der Waals surface area (Å²) < 4.78 is 57.1. The lowest BCUT2D eigenvalue weighted by molar-refractivity contribution is -0.147. The van der Waals surface area contributed by atoms with Gasteiger partial charge in [-0.15, -0.1) is 0 Å². The second kappa shape index (κ2) is 10.3. The zero-order chi connectivity index (χ0) is 27.1. The predicted octanol–water partition coefficient (Wildman–Crippen LogP) is 5.31. The van der Waals surface area contributed by atoms with Crippen molar-refractivity contribution in [1.82, 2.24) is 14.9 Å². The number of ether oxygens (including phenoxy) is 1. The number of fused-ring (bicyclic) bond motifs is 3. The molecule has 0 bridgehead atoms. The van der Waals surface area contributed by atoms with Gasteiger partial charge >= 0.3 is 6.18 Å². The molecule has 3 heterocycles. The number of halogens is 4. The van der Waals surface area contributed by atoms with Crippen LogP contribution in [0.5, 0.6) is 5.75 Å². The van der Waals surface area contributed by atoms with Crippen LogP contribution in [-0.2, 0) is 4.57 Å². The number of nitrogens with zero attached hydrogens (tertiary/aromatic N) is 4. The molecule has 1 aromatic heterocycles. The monoisotopic (exact) mass is 566 g/mol. The lowest BCUT2D eigenvalue weighted by atomic mass is 10.1. The number of hydrogen-bond donors (Lipinski definition) is 2. The number of aromatic nitrogens is 2. The Kier molecular flexibility index (Phi) is 7.19. The summed E-state index contributed by atoms with van der Waals surface area (Å²) in [6.45, 7) is 3.90. The van der Waals surface area contributed by atoms with E-state index in [9.17, 15) is 17.7 Å². The van der Waals surface area contributed by atoms with Crippen LogP contribution in [-0.4, -0.2) is 73.2 Å². The van der Waals surface area contributed by atoms with Crippen molar-refractivity contribution in [3.8, 4) is 5.75 Å². The Bertz CT molecular complexity index is 1390. The van der Waals surface area contributed by atoms with Gasteiger partial charge < -0.3 is 24.8 Å². The number of para-hydroxylation sites is 1. The van der Waals surface area contributed by atoms with E-state index in [1.165, 1.54) is 11.1 Å². The molecule has 2 N–H and O–H groups in total. The molecule has 0 amide bonds. The quantitative estimate of drug-likeness (QED) is 0.389. The van der Waals surface area contributed by atoms with Gasteiger partial charge in [0.15, 0.2) is 5.82 Å². The predicted molar refractivity (Wildman–Crippen MR) is 145 cm³/mol. The maximum absolute atomic E-state index is 12.8. The number of nitrogens with one attached hydrogen (secondary N) is 2. The fourth-order valence-corrected chi connectivity index (χ4v) is 6.02. The van der Waals surface area contributed by atoms with Crippen LogP contribution in [0.4, 0.5) is 42.0 Å². The molecule has 0 aliphatic carbocycles. The van der Waals surface area contributed by atoms with Crippen molar-refractivity contribution in [1.29, 1.82) is 0 Å². The number of anilines is 5. The molecule has 1 atom stereocenters. The van der Waals surface area contributed by atoms with Gasteiger partial charge in [0.2, 0.25) is 5.95 Å². The van der Waals surface area contributed by atoms with Crippen molar-refractivity contribution in [3.63, 3.8) is 0 Å². The third-order valence-electron chi connectivity index (χ3n) is 6.41. The standard InChI is InChI=1S/C25H27ClF3N6O2P/c1-38(2,36)22-6-4-3-5-19(22)32-23-18(26)12-30-24(33-23)31-16-7-8-20-21(11-16)37-14-17-13-34(9-10-35(17)20)15-25(27,28)29/h3-8,11-12,17H,9-10,13-15H2,1-2H3,(H2,30,31,32,33)/t17-/m0/s1. The first-order valence-electron chi connectivity index (χ1n) is 12.0. The SMILES string of the molecule is CP(C)(=O)c1ccccc1Nc1nc(Nc2ccc3c(c2)OC[C@@H]2CN(CC(F)(F)F)CCN32)ncc1Cl. The van der Waals surface area contributed by atoms with Crippen LogP contribution in [0.1, 0.15) is 0 Å². The summed E-state index contributed by atoms with van der Waals surface area (Å²) in [5.74, 6) is 1.29. The zero-order valence-corrected chi connectivity index (χ0v) is 22.4. The van der Waals surface area contributed by atoms with Gasteiger partial charge in [0.25, 0.3) is 0 Å². The number of piperazine rings is 1. The van der Waals surface area contributed by atoms with Gasteiger partial charge in [-0.2, -0.15) is 18.2 Å². The number of alkyl halides is 3. The summed E-state index contributed by atoms with van der Waals surface area (Å²) in [5.41, 5.74) is 2.18. The molecular formula is C25H27ClF3N6O2P. The molecule has 0 unspecified atom stereocenters. The van der Waals surface area contributed by atoms with Crippen LogP contribution >= 0.6 is 18.7 Å². The maximum atomic E-state index is 12.8. The highest BCUT2D eigenvalue weighted by molar-refractivity contribution is 7.70. The molecule has 0 saturated carbocycles. The molecule has 2 aliphatic rings. The average molecular weight is 567 g/mol. The van der Waals surface area contributed by atoms with Crippen molar-refractivity contribution in [2.45, 2.75) is 12.2 Å². The molecule has 13 heteroatoms. The van der Waals surface area contributed by atoms with Crippen molar-refractivity contribution in [2.24, 2.45) is 0 Å². The smallest absolute Gasteiger partial charge is 0.401 e. The minimum Gasteiger partial charge on any atom is -0.489 e. The van der Waals surface area contributed by atoms with E-state index in [0.29, 0.717) is 65.5 Å². The fourth-order valence-electron chi connectivity index (χ4n) is 4.73. The minimum atomic E-state index is -4.22. The molecule has 2 aliphatic heterocycles. The molecule has 5 rings (SSSR count). The van der Waals surface area contributed by atoms with Crippen molar-refractivity contribution in [3.05, 3.63) is 53.7 Å². The second-order valence-electron chi connectivity index (χ2n) is 9.70. The van der Waals surface area contributed by atoms with Crippen molar-refractivity contribution in [2.75, 3.05) is 61.6 Å². The third-order valence-corrected chi connectivity index (χ3v) is 8.23. The highest BCUT2D eigenvalue weighted by Gasteiger charge is 2.37. The summed E-state index contributed by atoms with van der Waals surface area (Å²) in [6.07, 6.45) is -2.74. The van der Waals surface area contributed by atoms with E-state index in [-0.39, 0.29) is 6.04 Å². The molecule has 3 aromatic rings. The highest BCUT2D eigenvalue weighted by Crippen LogP contribution is 2.40. The van der Waals surface area contributed by atoms with E-state index < -0.39 is 19.9 Å². The Morgan fingerprint density at radius 3 is 2.71 bits per heavy atom. The van der Waals surface area contributed by atoms with Crippen LogP contribution in [0.15, 0.2) is 48.7 Å². The molecule has 202 valence electrons. The minimum absolute atomic E-state index is 0.143. The number of benzene rings is 2. The van der Waals surface area contributed by atoms with Crippen LogP contribution in [0.2, 0.25) is 5.02 Å². The van der Waals surface area contributed by atoms with Crippen molar-refractivity contribution < 1.29 is 22.5 Å². The molecule has 0 spiro atoms. The molecule has 8 nitrogen and oxygen atoms in total. The highest BCUT2D eigenvalue weighted by atomic mass is 35.5. The number of hydrogen-bond acceptors (Lipinski definition) is 8. The Morgan fingerprint density at radius 1 is 1.16 bits per heavy atom. The maximum Gasteiger partial charge on any atom is 0.401 e. The van der Waals surface area contributed by atoms with E-state index in [2.05, 4.69) is 25.5 Å². The Balaban J connectivity index is 1.31. The fraction of sp³-hybridized carbons (Fsp3) is 0.360. The molecular weight excluding hydrogens is 540 g/mol. The van der Waals surface area contributed by atoms with E-state index in [0.717, 1.165) is 5.69 Å². The lowest BCUT2D eigenvalue weighted by Gasteiger charge is -2.45. The summed E-state index contributed by atoms with van der Waals surface area (Å²) in [5, 5.41) is 7.31. The van der Waals surface area contributed by atoms with Gasteiger partial charge in [-0.05, 0) is 37.6 Å². The van der Waals surface area contributed by atoms with Crippen molar-refractivity contribution >= 4 is 52.9 Å². The number of rotatable bonds is 6. The first kappa shape index (κ1) is 26.6. The van der Waals surface area contributed by atoms with E-state index >= 15 is 0 Å². The summed E-state index contributed by atoms with van der Waals surface area (Å²) >= 11 is 6.35. The summed E-state index contributed by atoms with van der Waals surface area (Å²) in [6, 6.07) is 12.7. The van der Waals surface area contributed by atoms with E-state index in [1.54, 1.807) is 13.3 Å². The molecule has 1 saturated heterocycles. The Morgan fingerprint density at radius 2 is 1.95 bits per heavy atom. The first-order chi connectivity index (χ1) is 18.0. The third kappa shape index (κ3) is 6.00.